The summed E-state index contributed by atoms with van der Waals surface area (Å²) in [6, 6.07) is 9.31. The standard InChI is InChI=1S/C18H27N3O3/c1-2-24-14-6-11-19-17(22)15-9-12-21(13-10-15)18(23)20-16-7-4-3-5-8-16/h3-5,7-8,15H,2,6,9-14H2,1H3,(H,19,22)(H,20,23). The topological polar surface area (TPSA) is 70.7 Å². The minimum Gasteiger partial charge on any atom is -0.382 e. The lowest BCUT2D eigenvalue weighted by Gasteiger charge is -2.31. The molecule has 0 aromatic heterocycles. The summed E-state index contributed by atoms with van der Waals surface area (Å²) >= 11 is 0. The predicted molar refractivity (Wildman–Crippen MR) is 93.9 cm³/mol. The molecule has 3 amide bonds. The van der Waals surface area contributed by atoms with Crippen LogP contribution in [0.4, 0.5) is 10.5 Å². The van der Waals surface area contributed by atoms with E-state index in [9.17, 15) is 9.59 Å². The summed E-state index contributed by atoms with van der Waals surface area (Å²) in [5.74, 6) is 0.0903. The Morgan fingerprint density at radius 2 is 1.92 bits per heavy atom. The van der Waals surface area contributed by atoms with Crippen LogP contribution in [0.25, 0.3) is 0 Å². The number of carbonyl (C=O) groups is 2. The van der Waals surface area contributed by atoms with Crippen LogP contribution in [0.5, 0.6) is 0 Å². The number of nitrogens with one attached hydrogen (secondary N) is 2. The highest BCUT2D eigenvalue weighted by Crippen LogP contribution is 2.18. The van der Waals surface area contributed by atoms with Crippen molar-refractivity contribution in [2.75, 3.05) is 38.2 Å². The second-order valence-corrected chi connectivity index (χ2v) is 5.90. The van der Waals surface area contributed by atoms with Gasteiger partial charge in [-0.1, -0.05) is 18.2 Å². The zero-order chi connectivity index (χ0) is 17.2. The van der Waals surface area contributed by atoms with Gasteiger partial charge in [-0.2, -0.15) is 0 Å². The first-order chi connectivity index (χ1) is 11.7. The molecular weight excluding hydrogens is 306 g/mol. The molecule has 0 spiro atoms. The molecule has 1 heterocycles. The molecule has 0 aliphatic carbocycles. The van der Waals surface area contributed by atoms with Crippen LogP contribution in [0.15, 0.2) is 30.3 Å². The largest absolute Gasteiger partial charge is 0.382 e. The lowest BCUT2D eigenvalue weighted by atomic mass is 9.96. The molecular formula is C18H27N3O3. The summed E-state index contributed by atoms with van der Waals surface area (Å²) in [5.41, 5.74) is 0.789. The van der Waals surface area contributed by atoms with Gasteiger partial charge in [0.05, 0.1) is 0 Å². The Balaban J connectivity index is 1.67. The van der Waals surface area contributed by atoms with Gasteiger partial charge in [-0.05, 0) is 38.3 Å². The molecule has 0 radical (unpaired) electrons. The maximum Gasteiger partial charge on any atom is 0.321 e. The Kier molecular flexibility index (Phi) is 7.55. The van der Waals surface area contributed by atoms with Crippen LogP contribution in [0.1, 0.15) is 26.2 Å². The van der Waals surface area contributed by atoms with E-state index in [0.717, 1.165) is 12.1 Å². The van der Waals surface area contributed by atoms with Crippen molar-refractivity contribution in [2.45, 2.75) is 26.2 Å². The van der Waals surface area contributed by atoms with Crippen molar-refractivity contribution in [1.82, 2.24) is 10.2 Å². The number of anilines is 1. The lowest BCUT2D eigenvalue weighted by Crippen LogP contribution is -2.44. The van der Waals surface area contributed by atoms with E-state index < -0.39 is 0 Å². The number of amides is 3. The average molecular weight is 333 g/mol. The van der Waals surface area contributed by atoms with Crippen molar-refractivity contribution >= 4 is 17.6 Å². The van der Waals surface area contributed by atoms with Crippen molar-refractivity contribution in [3.63, 3.8) is 0 Å². The molecule has 1 aromatic rings. The molecule has 6 nitrogen and oxygen atoms in total. The van der Waals surface area contributed by atoms with Gasteiger partial charge in [-0.3, -0.25) is 4.79 Å². The molecule has 0 unspecified atom stereocenters. The van der Waals surface area contributed by atoms with Gasteiger partial charge in [0.15, 0.2) is 0 Å². The molecule has 2 N–H and O–H groups in total. The average Bonchev–Trinajstić information content (AvgIpc) is 2.62. The third kappa shape index (κ3) is 5.85. The molecule has 24 heavy (non-hydrogen) atoms. The number of ether oxygens (including phenoxy) is 1. The van der Waals surface area contributed by atoms with Crippen molar-refractivity contribution in [1.29, 1.82) is 0 Å². The number of hydrogen-bond donors (Lipinski definition) is 2. The molecule has 0 bridgehead atoms. The fraction of sp³-hybridized carbons (Fsp3) is 0.556. The van der Waals surface area contributed by atoms with Crippen molar-refractivity contribution in [2.24, 2.45) is 5.92 Å². The Morgan fingerprint density at radius 3 is 2.58 bits per heavy atom. The molecule has 0 saturated carbocycles. The number of likely N-dealkylation sites (tertiary alicyclic amines) is 1. The molecule has 1 aliphatic rings. The number of hydrogen-bond acceptors (Lipinski definition) is 3. The number of carbonyl (C=O) groups excluding carboxylic acids is 2. The molecule has 0 atom stereocenters. The van der Waals surface area contributed by atoms with Gasteiger partial charge >= 0.3 is 6.03 Å². The van der Waals surface area contributed by atoms with Gasteiger partial charge < -0.3 is 20.3 Å². The maximum atomic E-state index is 12.2. The van der Waals surface area contributed by atoms with E-state index in [1.54, 1.807) is 4.90 Å². The van der Waals surface area contributed by atoms with E-state index in [1.165, 1.54) is 0 Å². The van der Waals surface area contributed by atoms with Crippen LogP contribution in [0.3, 0.4) is 0 Å². The van der Waals surface area contributed by atoms with Crippen LogP contribution in [0.2, 0.25) is 0 Å². The van der Waals surface area contributed by atoms with E-state index in [4.69, 9.17) is 4.74 Å². The molecule has 1 aromatic carbocycles. The third-order valence-corrected chi connectivity index (χ3v) is 4.15. The van der Waals surface area contributed by atoms with Gasteiger partial charge in [0, 0.05) is 44.5 Å². The van der Waals surface area contributed by atoms with E-state index in [0.29, 0.717) is 45.7 Å². The lowest BCUT2D eigenvalue weighted by molar-refractivity contribution is -0.126. The zero-order valence-corrected chi connectivity index (χ0v) is 14.3. The van der Waals surface area contributed by atoms with Crippen LogP contribution in [-0.2, 0) is 9.53 Å². The Bertz CT molecular complexity index is 514. The van der Waals surface area contributed by atoms with Crippen LogP contribution >= 0.6 is 0 Å². The molecule has 2 rings (SSSR count). The summed E-state index contributed by atoms with van der Waals surface area (Å²) in [7, 11) is 0. The smallest absolute Gasteiger partial charge is 0.321 e. The van der Waals surface area contributed by atoms with E-state index in [1.807, 2.05) is 37.3 Å². The van der Waals surface area contributed by atoms with E-state index >= 15 is 0 Å². The third-order valence-electron chi connectivity index (χ3n) is 4.15. The van der Waals surface area contributed by atoms with Gasteiger partial charge in [-0.15, -0.1) is 0 Å². The monoisotopic (exact) mass is 333 g/mol. The summed E-state index contributed by atoms with van der Waals surface area (Å²) < 4.78 is 5.25. The second kappa shape index (κ2) is 9.93. The number of piperidine rings is 1. The summed E-state index contributed by atoms with van der Waals surface area (Å²) in [5, 5.41) is 5.84. The number of para-hydroxylation sites is 1. The van der Waals surface area contributed by atoms with Crippen LogP contribution in [0, 0.1) is 5.92 Å². The van der Waals surface area contributed by atoms with E-state index in [-0.39, 0.29) is 17.9 Å². The van der Waals surface area contributed by atoms with Gasteiger partial charge in [-0.25, -0.2) is 4.79 Å². The summed E-state index contributed by atoms with van der Waals surface area (Å²) in [6.07, 6.45) is 2.25. The highest BCUT2D eigenvalue weighted by atomic mass is 16.5. The minimum absolute atomic E-state index is 0.00197. The molecule has 1 fully saturated rings. The van der Waals surface area contributed by atoms with Gasteiger partial charge in [0.2, 0.25) is 5.91 Å². The van der Waals surface area contributed by atoms with Crippen LogP contribution < -0.4 is 10.6 Å². The minimum atomic E-state index is -0.100. The molecule has 132 valence electrons. The molecule has 1 saturated heterocycles. The first-order valence-electron chi connectivity index (χ1n) is 8.67. The Morgan fingerprint density at radius 1 is 1.21 bits per heavy atom. The molecule has 1 aliphatic heterocycles. The maximum absolute atomic E-state index is 12.2. The SMILES string of the molecule is CCOCCCNC(=O)C1CCN(C(=O)Nc2ccccc2)CC1. The fourth-order valence-electron chi connectivity index (χ4n) is 2.74. The van der Waals surface area contributed by atoms with E-state index in [2.05, 4.69) is 10.6 Å². The highest BCUT2D eigenvalue weighted by Gasteiger charge is 2.27. The van der Waals surface area contributed by atoms with Crippen molar-refractivity contribution < 1.29 is 14.3 Å². The quantitative estimate of drug-likeness (QED) is 0.753. The normalized spacial score (nSPS) is 15.1. The van der Waals surface area contributed by atoms with Crippen molar-refractivity contribution in [3.8, 4) is 0 Å². The van der Waals surface area contributed by atoms with Gasteiger partial charge in [0.1, 0.15) is 0 Å². The molecule has 6 heteroatoms. The Hall–Kier alpha value is -2.08. The van der Waals surface area contributed by atoms with Gasteiger partial charge in [0.25, 0.3) is 0 Å². The number of benzene rings is 1. The second-order valence-electron chi connectivity index (χ2n) is 5.90. The zero-order valence-electron chi connectivity index (χ0n) is 14.3. The van der Waals surface area contributed by atoms with Crippen LogP contribution in [-0.4, -0.2) is 49.7 Å². The fourth-order valence-corrected chi connectivity index (χ4v) is 2.74. The number of rotatable bonds is 7. The predicted octanol–water partition coefficient (Wildman–Crippen LogP) is 2.47. The van der Waals surface area contributed by atoms with Crippen molar-refractivity contribution in [3.05, 3.63) is 30.3 Å². The first-order valence-corrected chi connectivity index (χ1v) is 8.67. The number of nitrogens with zero attached hydrogens (tertiary/aromatic N) is 1. The Labute approximate surface area is 143 Å². The first kappa shape index (κ1) is 18.3. The summed E-state index contributed by atoms with van der Waals surface area (Å²) in [4.78, 5) is 26.1. The highest BCUT2D eigenvalue weighted by molar-refractivity contribution is 5.89. The number of urea groups is 1. The summed E-state index contributed by atoms with van der Waals surface area (Å²) in [6.45, 7) is 5.20.